The molecule has 7 heteroatoms. The number of halogens is 2. The van der Waals surface area contributed by atoms with E-state index in [2.05, 4.69) is 20.6 Å². The first-order valence-corrected chi connectivity index (χ1v) is 9.23. The molecule has 1 atom stereocenters. The highest BCUT2D eigenvalue weighted by atomic mass is 19.1. The monoisotopic (exact) mass is 373 g/mol. The normalized spacial score (nSPS) is 17.2. The molecule has 1 aromatic heterocycles. The first-order valence-electron chi connectivity index (χ1n) is 9.23. The van der Waals surface area contributed by atoms with Crippen LogP contribution in [0.4, 0.5) is 14.6 Å². The highest BCUT2D eigenvalue weighted by Crippen LogP contribution is 2.20. The van der Waals surface area contributed by atoms with Gasteiger partial charge in [0.2, 0.25) is 0 Å². The summed E-state index contributed by atoms with van der Waals surface area (Å²) in [6.45, 7) is 2.17. The van der Waals surface area contributed by atoms with Crippen LogP contribution in [0.1, 0.15) is 18.4 Å². The fraction of sp³-hybridized carbons (Fsp3) is 0.400. The summed E-state index contributed by atoms with van der Waals surface area (Å²) in [6, 6.07) is 9.89. The molecule has 0 bridgehead atoms. The van der Waals surface area contributed by atoms with Crippen LogP contribution in [0.3, 0.4) is 0 Å². The summed E-state index contributed by atoms with van der Waals surface area (Å²) in [5.74, 6) is 0.633. The molecule has 0 spiro atoms. The lowest BCUT2D eigenvalue weighted by Gasteiger charge is -2.20. The summed E-state index contributed by atoms with van der Waals surface area (Å²) in [4.78, 5) is 10.3. The Labute approximate surface area is 158 Å². The van der Waals surface area contributed by atoms with E-state index in [1.165, 1.54) is 12.1 Å². The maximum absolute atomic E-state index is 13.9. The minimum Gasteiger partial charge on any atom is -0.356 e. The number of nitrogens with zero attached hydrogens (tertiary/aromatic N) is 3. The Morgan fingerprint density at radius 2 is 2.19 bits per heavy atom. The molecule has 2 aromatic rings. The van der Waals surface area contributed by atoms with Gasteiger partial charge in [-0.1, -0.05) is 12.1 Å². The predicted octanol–water partition coefficient (Wildman–Crippen LogP) is 2.74. The minimum absolute atomic E-state index is 0.181. The quantitative estimate of drug-likeness (QED) is 0.464. The SMILES string of the molecule is CN=C(NCCCc1cccc(F)c1)NC1CCN(c2ncccc2F)C1. The Balaban J connectivity index is 1.42. The van der Waals surface area contributed by atoms with Gasteiger partial charge in [0, 0.05) is 38.9 Å². The molecule has 2 N–H and O–H groups in total. The Morgan fingerprint density at radius 3 is 2.96 bits per heavy atom. The second-order valence-electron chi connectivity index (χ2n) is 6.62. The van der Waals surface area contributed by atoms with Gasteiger partial charge in [-0.05, 0) is 49.1 Å². The number of aromatic nitrogens is 1. The van der Waals surface area contributed by atoms with Crippen LogP contribution < -0.4 is 15.5 Å². The number of anilines is 1. The van der Waals surface area contributed by atoms with Crippen molar-refractivity contribution < 1.29 is 8.78 Å². The van der Waals surface area contributed by atoms with Crippen LogP contribution >= 0.6 is 0 Å². The fourth-order valence-corrected chi connectivity index (χ4v) is 3.26. The molecule has 2 heterocycles. The number of aliphatic imine (C=N–C) groups is 1. The van der Waals surface area contributed by atoms with E-state index in [4.69, 9.17) is 0 Å². The van der Waals surface area contributed by atoms with E-state index in [0.717, 1.165) is 43.9 Å². The first-order chi connectivity index (χ1) is 13.2. The van der Waals surface area contributed by atoms with Crippen molar-refractivity contribution in [2.75, 3.05) is 31.6 Å². The zero-order valence-corrected chi connectivity index (χ0v) is 15.5. The van der Waals surface area contributed by atoms with Gasteiger partial charge >= 0.3 is 0 Å². The maximum atomic E-state index is 13.9. The number of guanidine groups is 1. The van der Waals surface area contributed by atoms with Crippen LogP contribution in [-0.2, 0) is 6.42 Å². The van der Waals surface area contributed by atoms with Crippen LogP contribution in [0.2, 0.25) is 0 Å². The Hall–Kier alpha value is -2.70. The summed E-state index contributed by atoms with van der Waals surface area (Å²) >= 11 is 0. The van der Waals surface area contributed by atoms with E-state index in [-0.39, 0.29) is 17.7 Å². The van der Waals surface area contributed by atoms with Gasteiger partial charge in [0.25, 0.3) is 0 Å². The van der Waals surface area contributed by atoms with Crippen LogP contribution in [0.15, 0.2) is 47.6 Å². The Morgan fingerprint density at radius 1 is 1.30 bits per heavy atom. The fourth-order valence-electron chi connectivity index (χ4n) is 3.26. The number of hydrogen-bond acceptors (Lipinski definition) is 3. The van der Waals surface area contributed by atoms with E-state index in [1.807, 2.05) is 11.0 Å². The van der Waals surface area contributed by atoms with Gasteiger partial charge in [0.15, 0.2) is 17.6 Å². The average Bonchev–Trinajstić information content (AvgIpc) is 3.13. The third-order valence-electron chi connectivity index (χ3n) is 4.61. The van der Waals surface area contributed by atoms with Gasteiger partial charge in [-0.25, -0.2) is 13.8 Å². The van der Waals surface area contributed by atoms with Crippen molar-refractivity contribution in [1.82, 2.24) is 15.6 Å². The largest absolute Gasteiger partial charge is 0.356 e. The maximum Gasteiger partial charge on any atom is 0.191 e. The van der Waals surface area contributed by atoms with Gasteiger partial charge in [-0.15, -0.1) is 0 Å². The first kappa shape index (κ1) is 19.1. The van der Waals surface area contributed by atoms with Crippen LogP contribution in [0.5, 0.6) is 0 Å². The molecule has 27 heavy (non-hydrogen) atoms. The lowest BCUT2D eigenvalue weighted by molar-refractivity contribution is 0.611. The number of benzene rings is 1. The minimum atomic E-state index is -0.294. The smallest absolute Gasteiger partial charge is 0.191 e. The summed E-state index contributed by atoms with van der Waals surface area (Å²) in [5, 5.41) is 6.66. The van der Waals surface area contributed by atoms with Gasteiger partial charge in [0.05, 0.1) is 0 Å². The predicted molar refractivity (Wildman–Crippen MR) is 104 cm³/mol. The summed E-state index contributed by atoms with van der Waals surface area (Å²) in [5.41, 5.74) is 0.989. The molecule has 1 aliphatic rings. The third-order valence-corrected chi connectivity index (χ3v) is 4.61. The molecule has 3 rings (SSSR count). The summed E-state index contributed by atoms with van der Waals surface area (Å²) in [7, 11) is 1.73. The second kappa shape index (κ2) is 9.30. The van der Waals surface area contributed by atoms with E-state index >= 15 is 0 Å². The van der Waals surface area contributed by atoms with Crippen molar-refractivity contribution in [2.45, 2.75) is 25.3 Å². The highest BCUT2D eigenvalue weighted by molar-refractivity contribution is 5.80. The topological polar surface area (TPSA) is 52.6 Å². The number of pyridine rings is 1. The average molecular weight is 373 g/mol. The molecular formula is C20H25F2N5. The molecule has 0 radical (unpaired) electrons. The number of nitrogens with one attached hydrogen (secondary N) is 2. The molecule has 0 amide bonds. The molecule has 144 valence electrons. The Kier molecular flexibility index (Phi) is 6.57. The van der Waals surface area contributed by atoms with Crippen LogP contribution in [-0.4, -0.2) is 43.7 Å². The highest BCUT2D eigenvalue weighted by Gasteiger charge is 2.25. The third kappa shape index (κ3) is 5.39. The van der Waals surface area contributed by atoms with Crippen molar-refractivity contribution >= 4 is 11.8 Å². The van der Waals surface area contributed by atoms with Gasteiger partial charge in [0.1, 0.15) is 5.82 Å². The van der Waals surface area contributed by atoms with Crippen LogP contribution in [0, 0.1) is 11.6 Å². The number of aryl methyl sites for hydroxylation is 1. The molecule has 5 nitrogen and oxygen atoms in total. The van der Waals surface area contributed by atoms with Gasteiger partial charge in [-0.3, -0.25) is 4.99 Å². The molecular weight excluding hydrogens is 348 g/mol. The van der Waals surface area contributed by atoms with Gasteiger partial charge in [-0.2, -0.15) is 0 Å². The molecule has 1 unspecified atom stereocenters. The lowest BCUT2D eigenvalue weighted by atomic mass is 10.1. The molecule has 0 aliphatic carbocycles. The zero-order valence-electron chi connectivity index (χ0n) is 15.5. The van der Waals surface area contributed by atoms with E-state index < -0.39 is 0 Å². The lowest BCUT2D eigenvalue weighted by Crippen LogP contribution is -2.45. The standard InChI is InChI=1S/C20H25F2N5/c1-23-20(25-11-3-6-15-5-2-7-16(21)13-15)26-17-9-12-27(14-17)19-18(22)8-4-10-24-19/h2,4-5,7-8,10,13,17H,3,6,9,11-12,14H2,1H3,(H2,23,25,26). The number of hydrogen-bond donors (Lipinski definition) is 2. The Bertz CT molecular complexity index is 780. The molecule has 1 aromatic carbocycles. The van der Waals surface area contributed by atoms with Crippen molar-refractivity contribution in [3.63, 3.8) is 0 Å². The van der Waals surface area contributed by atoms with Crippen molar-refractivity contribution in [3.8, 4) is 0 Å². The second-order valence-corrected chi connectivity index (χ2v) is 6.62. The van der Waals surface area contributed by atoms with Crippen molar-refractivity contribution in [3.05, 3.63) is 59.8 Å². The van der Waals surface area contributed by atoms with Crippen molar-refractivity contribution in [1.29, 1.82) is 0 Å². The molecule has 1 fully saturated rings. The molecule has 0 saturated carbocycles. The number of rotatable bonds is 6. The molecule has 1 saturated heterocycles. The van der Waals surface area contributed by atoms with Crippen LogP contribution in [0.25, 0.3) is 0 Å². The summed E-state index contributed by atoms with van der Waals surface area (Å²) < 4.78 is 27.1. The van der Waals surface area contributed by atoms with E-state index in [1.54, 1.807) is 31.4 Å². The van der Waals surface area contributed by atoms with Crippen molar-refractivity contribution in [2.24, 2.45) is 4.99 Å². The van der Waals surface area contributed by atoms with E-state index in [0.29, 0.717) is 12.4 Å². The molecule has 1 aliphatic heterocycles. The van der Waals surface area contributed by atoms with Gasteiger partial charge < -0.3 is 15.5 Å². The summed E-state index contributed by atoms with van der Waals surface area (Å²) in [6.07, 6.45) is 4.18. The zero-order chi connectivity index (χ0) is 19.1. The van der Waals surface area contributed by atoms with E-state index in [9.17, 15) is 8.78 Å².